The van der Waals surface area contributed by atoms with Crippen molar-refractivity contribution in [3.8, 4) is 0 Å². The number of nitrogens with one attached hydrogen (secondary N) is 2. The molecule has 3 rings (SSSR count). The van der Waals surface area contributed by atoms with E-state index in [1.165, 1.54) is 0 Å². The number of aryl methyl sites for hydroxylation is 1. The van der Waals surface area contributed by atoms with Crippen LogP contribution in [0.15, 0.2) is 22.9 Å². The highest BCUT2D eigenvalue weighted by Crippen LogP contribution is 2.23. The van der Waals surface area contributed by atoms with Crippen molar-refractivity contribution in [3.63, 3.8) is 0 Å². The van der Waals surface area contributed by atoms with Crippen molar-refractivity contribution in [3.05, 3.63) is 30.0 Å². The third-order valence-corrected chi connectivity index (χ3v) is 3.04. The largest absolute Gasteiger partial charge is 0.464 e. The van der Waals surface area contributed by atoms with Crippen molar-refractivity contribution in [2.45, 2.75) is 13.5 Å². The molecule has 3 aromatic heterocycles. The van der Waals surface area contributed by atoms with Crippen LogP contribution in [0.4, 0.5) is 11.8 Å². The van der Waals surface area contributed by atoms with Crippen molar-refractivity contribution in [1.82, 2.24) is 19.9 Å². The molecule has 7 nitrogen and oxygen atoms in total. The van der Waals surface area contributed by atoms with E-state index in [1.54, 1.807) is 13.4 Å². The van der Waals surface area contributed by atoms with Crippen LogP contribution in [0.25, 0.3) is 11.2 Å². The van der Waals surface area contributed by atoms with Crippen LogP contribution in [0, 0.1) is 6.92 Å². The zero-order valence-corrected chi connectivity index (χ0v) is 11.6. The number of hydrogen-bond donors (Lipinski definition) is 2. The number of H-pyrrole nitrogens is 1. The molecule has 3 heterocycles. The van der Waals surface area contributed by atoms with E-state index in [9.17, 15) is 0 Å². The number of rotatable bonds is 4. The van der Waals surface area contributed by atoms with Crippen LogP contribution in [0.2, 0.25) is 0 Å². The molecule has 3 aromatic rings. The van der Waals surface area contributed by atoms with Crippen LogP contribution < -0.4 is 10.2 Å². The van der Waals surface area contributed by atoms with Crippen LogP contribution in [-0.2, 0) is 6.54 Å². The smallest absolute Gasteiger partial charge is 0.226 e. The SMILES string of the molecule is CNc1nc(N(C)Cc2ccc(C)o2)c2[nH]cnc2n1. The van der Waals surface area contributed by atoms with E-state index < -0.39 is 0 Å². The van der Waals surface area contributed by atoms with Crippen LogP contribution in [0.1, 0.15) is 11.5 Å². The molecule has 0 saturated heterocycles. The van der Waals surface area contributed by atoms with Crippen LogP contribution in [-0.4, -0.2) is 34.0 Å². The summed E-state index contributed by atoms with van der Waals surface area (Å²) in [6.45, 7) is 2.56. The summed E-state index contributed by atoms with van der Waals surface area (Å²) in [5, 5.41) is 2.95. The maximum absolute atomic E-state index is 5.60. The molecule has 0 amide bonds. The van der Waals surface area contributed by atoms with E-state index in [1.807, 2.05) is 31.0 Å². The summed E-state index contributed by atoms with van der Waals surface area (Å²) in [7, 11) is 3.74. The van der Waals surface area contributed by atoms with Gasteiger partial charge in [-0.1, -0.05) is 0 Å². The summed E-state index contributed by atoms with van der Waals surface area (Å²) in [6, 6.07) is 3.92. The maximum Gasteiger partial charge on any atom is 0.226 e. The molecule has 0 saturated carbocycles. The number of imidazole rings is 1. The van der Waals surface area contributed by atoms with Crippen molar-refractivity contribution in [2.24, 2.45) is 0 Å². The Kier molecular flexibility index (Phi) is 3.02. The number of hydrogen-bond acceptors (Lipinski definition) is 6. The van der Waals surface area contributed by atoms with Gasteiger partial charge in [0.1, 0.15) is 17.0 Å². The first-order valence-electron chi connectivity index (χ1n) is 6.32. The Morgan fingerprint density at radius 3 is 2.90 bits per heavy atom. The number of nitrogens with zero attached hydrogens (tertiary/aromatic N) is 4. The van der Waals surface area contributed by atoms with Crippen LogP contribution >= 0.6 is 0 Å². The van der Waals surface area contributed by atoms with E-state index in [0.29, 0.717) is 18.1 Å². The predicted octanol–water partition coefficient (Wildman–Crippen LogP) is 1.93. The number of aromatic nitrogens is 4. The zero-order valence-electron chi connectivity index (χ0n) is 11.6. The fraction of sp³-hybridized carbons (Fsp3) is 0.308. The minimum atomic E-state index is 0.544. The molecule has 0 fully saturated rings. The zero-order chi connectivity index (χ0) is 14.1. The fourth-order valence-electron chi connectivity index (χ4n) is 2.08. The summed E-state index contributed by atoms with van der Waals surface area (Å²) in [5.41, 5.74) is 1.46. The molecule has 0 bridgehead atoms. The van der Waals surface area contributed by atoms with Gasteiger partial charge < -0.3 is 19.6 Å². The van der Waals surface area contributed by atoms with Gasteiger partial charge in [-0.2, -0.15) is 9.97 Å². The minimum absolute atomic E-state index is 0.544. The lowest BCUT2D eigenvalue weighted by Gasteiger charge is -2.17. The highest BCUT2D eigenvalue weighted by atomic mass is 16.3. The first kappa shape index (κ1) is 12.5. The third-order valence-electron chi connectivity index (χ3n) is 3.04. The second-order valence-electron chi connectivity index (χ2n) is 4.59. The van der Waals surface area contributed by atoms with Crippen LogP contribution in [0.3, 0.4) is 0 Å². The standard InChI is InChI=1S/C13H16N6O/c1-8-4-5-9(20-8)6-19(3)12-10-11(16-7-15-10)17-13(14-2)18-12/h4-5,7H,6H2,1-3H3,(H2,14,15,16,17,18). The van der Waals surface area contributed by atoms with Crippen molar-refractivity contribution in [1.29, 1.82) is 0 Å². The van der Waals surface area contributed by atoms with Gasteiger partial charge in [0.15, 0.2) is 11.5 Å². The van der Waals surface area contributed by atoms with Gasteiger partial charge in [-0.05, 0) is 19.1 Å². The van der Waals surface area contributed by atoms with Gasteiger partial charge in [0.25, 0.3) is 0 Å². The quantitative estimate of drug-likeness (QED) is 0.755. The number of fused-ring (bicyclic) bond motifs is 1. The summed E-state index contributed by atoms with van der Waals surface area (Å²) >= 11 is 0. The molecule has 0 aromatic carbocycles. The van der Waals surface area contributed by atoms with Gasteiger partial charge >= 0.3 is 0 Å². The predicted molar refractivity (Wildman–Crippen MR) is 76.8 cm³/mol. The van der Waals surface area contributed by atoms with Gasteiger partial charge in [0.05, 0.1) is 12.9 Å². The van der Waals surface area contributed by atoms with Crippen molar-refractivity contribution in [2.75, 3.05) is 24.3 Å². The minimum Gasteiger partial charge on any atom is -0.464 e. The van der Waals surface area contributed by atoms with Crippen LogP contribution in [0.5, 0.6) is 0 Å². The Labute approximate surface area is 116 Å². The number of anilines is 2. The molecule has 0 aliphatic heterocycles. The molecule has 2 N–H and O–H groups in total. The van der Waals surface area contributed by atoms with Gasteiger partial charge in [-0.15, -0.1) is 0 Å². The molecule has 104 valence electrons. The first-order valence-corrected chi connectivity index (χ1v) is 6.32. The average molecular weight is 272 g/mol. The van der Waals surface area contributed by atoms with Gasteiger partial charge in [-0.3, -0.25) is 0 Å². The topological polar surface area (TPSA) is 82.9 Å². The number of furan rings is 1. The monoisotopic (exact) mass is 272 g/mol. The highest BCUT2D eigenvalue weighted by molar-refractivity contribution is 5.84. The van der Waals surface area contributed by atoms with E-state index in [0.717, 1.165) is 22.9 Å². The molecule has 0 spiro atoms. The average Bonchev–Trinajstić information content (AvgIpc) is 3.06. The summed E-state index contributed by atoms with van der Waals surface area (Å²) < 4.78 is 5.60. The van der Waals surface area contributed by atoms with Crippen molar-refractivity contribution >= 4 is 22.9 Å². The first-order chi connectivity index (χ1) is 9.67. The van der Waals surface area contributed by atoms with E-state index in [2.05, 4.69) is 25.3 Å². The molecule has 0 aliphatic carbocycles. The summed E-state index contributed by atoms with van der Waals surface area (Å²) in [5.74, 6) is 3.12. The second kappa shape index (κ2) is 4.84. The Bertz CT molecular complexity index is 731. The fourth-order valence-corrected chi connectivity index (χ4v) is 2.08. The lowest BCUT2D eigenvalue weighted by molar-refractivity contribution is 0.481. The van der Waals surface area contributed by atoms with Gasteiger partial charge in [-0.25, -0.2) is 4.98 Å². The van der Waals surface area contributed by atoms with E-state index in [-0.39, 0.29) is 0 Å². The summed E-state index contributed by atoms with van der Waals surface area (Å²) in [4.78, 5) is 18.0. The lowest BCUT2D eigenvalue weighted by Crippen LogP contribution is -2.18. The normalized spacial score (nSPS) is 10.9. The summed E-state index contributed by atoms with van der Waals surface area (Å²) in [6.07, 6.45) is 1.62. The Hall–Kier alpha value is -2.57. The Balaban J connectivity index is 1.97. The second-order valence-corrected chi connectivity index (χ2v) is 4.59. The highest BCUT2D eigenvalue weighted by Gasteiger charge is 2.14. The molecule has 0 radical (unpaired) electrons. The molecular formula is C13H16N6O. The van der Waals surface area contributed by atoms with E-state index >= 15 is 0 Å². The molecule has 20 heavy (non-hydrogen) atoms. The lowest BCUT2D eigenvalue weighted by atomic mass is 10.4. The van der Waals surface area contributed by atoms with Crippen molar-refractivity contribution < 1.29 is 4.42 Å². The Morgan fingerprint density at radius 1 is 1.35 bits per heavy atom. The molecule has 0 unspecified atom stereocenters. The van der Waals surface area contributed by atoms with Gasteiger partial charge in [0, 0.05) is 14.1 Å². The van der Waals surface area contributed by atoms with Gasteiger partial charge in [0.2, 0.25) is 5.95 Å². The maximum atomic E-state index is 5.60. The molecule has 0 aliphatic rings. The molecular weight excluding hydrogens is 256 g/mol. The Morgan fingerprint density at radius 2 is 2.20 bits per heavy atom. The number of aromatic amines is 1. The third kappa shape index (κ3) is 2.18. The molecule has 7 heteroatoms. The molecule has 0 atom stereocenters. The van der Waals surface area contributed by atoms with E-state index in [4.69, 9.17) is 4.42 Å².